The highest BCUT2D eigenvalue weighted by molar-refractivity contribution is 5.48. The molecule has 0 aliphatic heterocycles. The molecule has 0 saturated carbocycles. The van der Waals surface area contributed by atoms with Gasteiger partial charge in [0.2, 0.25) is 17.8 Å². The summed E-state index contributed by atoms with van der Waals surface area (Å²) in [5, 5.41) is 82.3. The lowest BCUT2D eigenvalue weighted by Gasteiger charge is -2.37. The van der Waals surface area contributed by atoms with E-state index in [1.54, 1.807) is 0 Å². The molecule has 0 radical (unpaired) electrons. The topological polar surface area (TPSA) is 219 Å². The fourth-order valence-corrected chi connectivity index (χ4v) is 4.66. The molecule has 1 rings (SSSR count). The van der Waals surface area contributed by atoms with Gasteiger partial charge in [-0.2, -0.15) is 15.0 Å². The number of hydrogen-bond donors (Lipinski definition) is 9. The van der Waals surface area contributed by atoms with E-state index in [0.717, 1.165) is 19.3 Å². The number of rotatable bonds is 26. The van der Waals surface area contributed by atoms with Crippen LogP contribution in [0.1, 0.15) is 71.1 Å². The summed E-state index contributed by atoms with van der Waals surface area (Å²) in [6, 6.07) is -3.90. The van der Waals surface area contributed by atoms with E-state index in [1.165, 1.54) is 54.7 Å². The van der Waals surface area contributed by atoms with E-state index in [2.05, 4.69) is 27.2 Å². The van der Waals surface area contributed by atoms with Crippen molar-refractivity contribution in [3.63, 3.8) is 0 Å². The summed E-state index contributed by atoms with van der Waals surface area (Å²) < 4.78 is 0. The Morgan fingerprint density at radius 3 is 1.12 bits per heavy atom. The van der Waals surface area contributed by atoms with Crippen LogP contribution in [0.25, 0.3) is 0 Å². The summed E-state index contributed by atoms with van der Waals surface area (Å²) in [5.74, 6) is -0.100. The number of aromatic nitrogens is 3. The van der Waals surface area contributed by atoms with E-state index >= 15 is 0 Å². The third kappa shape index (κ3) is 12.5. The molecule has 9 N–H and O–H groups in total. The van der Waals surface area contributed by atoms with Crippen molar-refractivity contribution >= 4 is 17.8 Å². The third-order valence-corrected chi connectivity index (χ3v) is 7.15. The van der Waals surface area contributed by atoms with Crippen molar-refractivity contribution in [2.24, 2.45) is 0 Å². The predicted octanol–water partition coefficient (Wildman–Crippen LogP) is -0.770. The van der Waals surface area contributed by atoms with Crippen LogP contribution in [-0.4, -0.2) is 139 Å². The van der Waals surface area contributed by atoms with Gasteiger partial charge in [-0.25, -0.2) is 0 Å². The Morgan fingerprint density at radius 1 is 0.488 bits per heavy atom. The Morgan fingerprint density at radius 2 is 0.805 bits per heavy atom. The number of nitrogens with zero attached hydrogens (tertiary/aromatic N) is 5. The molecule has 0 saturated heterocycles. The maximum atomic E-state index is 9.90. The van der Waals surface area contributed by atoms with Crippen LogP contribution in [0, 0.1) is 0 Å². The minimum Gasteiger partial charge on any atom is -0.394 e. The van der Waals surface area contributed by atoms with Gasteiger partial charge in [-0.05, 0) is 6.42 Å². The Balaban J connectivity index is 3.21. The van der Waals surface area contributed by atoms with E-state index in [0.29, 0.717) is 6.54 Å². The predicted molar refractivity (Wildman–Crippen MR) is 157 cm³/mol. The number of unbranched alkanes of at least 4 members (excludes halogenated alkanes) is 9. The van der Waals surface area contributed by atoms with Gasteiger partial charge in [0.1, 0.15) is 0 Å². The highest BCUT2D eigenvalue weighted by Crippen LogP contribution is 2.24. The fourth-order valence-electron chi connectivity index (χ4n) is 4.66. The zero-order valence-electron chi connectivity index (χ0n) is 24.6. The second-order valence-corrected chi connectivity index (χ2v) is 10.3. The van der Waals surface area contributed by atoms with Crippen molar-refractivity contribution in [1.29, 1.82) is 0 Å². The number of hydrogen-bond acceptors (Lipinski definition) is 14. The lowest BCUT2D eigenvalue weighted by molar-refractivity contribution is 0.141. The van der Waals surface area contributed by atoms with Crippen LogP contribution in [0.5, 0.6) is 0 Å². The first-order valence-corrected chi connectivity index (χ1v) is 14.9. The molecule has 240 valence electrons. The van der Waals surface area contributed by atoms with E-state index in [1.807, 2.05) is 0 Å². The lowest BCUT2D eigenvalue weighted by Crippen LogP contribution is -2.53. The maximum Gasteiger partial charge on any atom is 0.232 e. The molecule has 0 bridgehead atoms. The highest BCUT2D eigenvalue weighted by atomic mass is 16.3. The number of anilines is 3. The van der Waals surface area contributed by atoms with Crippen LogP contribution >= 0.6 is 0 Å². The second-order valence-electron chi connectivity index (χ2n) is 10.3. The molecular weight excluding hydrogens is 536 g/mol. The highest BCUT2D eigenvalue weighted by Gasteiger charge is 2.32. The van der Waals surface area contributed by atoms with E-state index in [4.69, 9.17) is 0 Å². The van der Waals surface area contributed by atoms with Gasteiger partial charge in [-0.3, -0.25) is 0 Å². The average Bonchev–Trinajstić information content (AvgIpc) is 3.00. The Kier molecular flexibility index (Phi) is 20.5. The normalized spacial score (nSPS) is 11.8. The van der Waals surface area contributed by atoms with Gasteiger partial charge >= 0.3 is 0 Å². The van der Waals surface area contributed by atoms with E-state index in [-0.39, 0.29) is 17.8 Å². The van der Waals surface area contributed by atoms with Crippen LogP contribution in [0.15, 0.2) is 0 Å². The van der Waals surface area contributed by atoms with Crippen molar-refractivity contribution in [2.45, 2.75) is 95.3 Å². The molecule has 1 heterocycles. The van der Waals surface area contributed by atoms with E-state index < -0.39 is 77.0 Å². The van der Waals surface area contributed by atoms with Gasteiger partial charge in [-0.1, -0.05) is 64.7 Å². The van der Waals surface area contributed by atoms with Crippen LogP contribution < -0.4 is 15.1 Å². The summed E-state index contributed by atoms with van der Waals surface area (Å²) in [6.07, 6.45) is 11.8. The monoisotopic (exact) mass is 590 g/mol. The van der Waals surface area contributed by atoms with Crippen LogP contribution in [0.3, 0.4) is 0 Å². The Labute approximate surface area is 243 Å². The molecule has 0 atom stereocenters. The van der Waals surface area contributed by atoms with E-state index in [9.17, 15) is 40.9 Å². The zero-order valence-corrected chi connectivity index (χ0v) is 24.6. The average molecular weight is 591 g/mol. The number of aliphatic hydroxyl groups excluding tert-OH is 8. The molecule has 1 aromatic rings. The Hall–Kier alpha value is -1.91. The summed E-state index contributed by atoms with van der Waals surface area (Å²) in [6.45, 7) is -1.56. The molecule has 0 amide bonds. The molecule has 0 fully saturated rings. The van der Waals surface area contributed by atoms with Gasteiger partial charge in [0.15, 0.2) is 0 Å². The largest absolute Gasteiger partial charge is 0.394 e. The molecule has 14 nitrogen and oxygen atoms in total. The molecular formula is C27H54N6O8. The minimum atomic E-state index is -0.976. The van der Waals surface area contributed by atoms with Crippen LogP contribution in [-0.2, 0) is 0 Å². The Bertz CT molecular complexity index is 697. The van der Waals surface area contributed by atoms with Crippen molar-refractivity contribution < 1.29 is 40.9 Å². The lowest BCUT2D eigenvalue weighted by atomic mass is 10.1. The van der Waals surface area contributed by atoms with Gasteiger partial charge in [0.25, 0.3) is 0 Å². The number of nitrogens with one attached hydrogen (secondary N) is 1. The maximum absolute atomic E-state index is 9.90. The smallest absolute Gasteiger partial charge is 0.232 e. The van der Waals surface area contributed by atoms with Gasteiger partial charge < -0.3 is 56.0 Å². The SMILES string of the molecule is CCCCCCCCCCCCNc1nc(N(C(CO)CO)C(CO)CO)nc(N(C(CO)CO)C(CO)CO)n1. The van der Waals surface area contributed by atoms with Gasteiger partial charge in [-0.15, -0.1) is 0 Å². The van der Waals surface area contributed by atoms with Gasteiger partial charge in [0.05, 0.1) is 77.0 Å². The molecule has 0 aromatic carbocycles. The molecule has 0 aliphatic rings. The standard InChI is InChI=1S/C27H54N6O8/c1-2-3-4-5-6-7-8-9-10-11-12-28-25-29-26(32(21(13-34)14-35)22(15-36)16-37)31-27(30-25)33(23(17-38)18-39)24(19-40)20-41/h21-24,34-41H,2-20H2,1H3,(H,28,29,30,31). The van der Waals surface area contributed by atoms with Crippen molar-refractivity contribution in [3.8, 4) is 0 Å². The first-order valence-electron chi connectivity index (χ1n) is 14.9. The quantitative estimate of drug-likeness (QED) is 0.0605. The van der Waals surface area contributed by atoms with Gasteiger partial charge in [0, 0.05) is 6.54 Å². The molecule has 0 spiro atoms. The molecule has 41 heavy (non-hydrogen) atoms. The van der Waals surface area contributed by atoms with Crippen molar-refractivity contribution in [2.75, 3.05) is 74.5 Å². The summed E-state index contributed by atoms with van der Waals surface area (Å²) in [4.78, 5) is 15.8. The molecule has 0 unspecified atom stereocenters. The number of aliphatic hydroxyl groups is 8. The first kappa shape index (κ1) is 37.1. The first-order chi connectivity index (χ1) is 20.0. The minimum absolute atomic E-state index is 0.101. The molecule has 14 heteroatoms. The zero-order chi connectivity index (χ0) is 30.5. The molecule has 1 aromatic heterocycles. The third-order valence-electron chi connectivity index (χ3n) is 7.15. The summed E-state index contributed by atoms with van der Waals surface area (Å²) >= 11 is 0. The summed E-state index contributed by atoms with van der Waals surface area (Å²) in [5.41, 5.74) is 0. The van der Waals surface area contributed by atoms with Crippen molar-refractivity contribution in [3.05, 3.63) is 0 Å². The van der Waals surface area contributed by atoms with Crippen molar-refractivity contribution in [1.82, 2.24) is 15.0 Å². The van der Waals surface area contributed by atoms with Crippen LogP contribution in [0.4, 0.5) is 17.8 Å². The van der Waals surface area contributed by atoms with Crippen LogP contribution in [0.2, 0.25) is 0 Å². The molecule has 0 aliphatic carbocycles. The summed E-state index contributed by atoms with van der Waals surface area (Å²) in [7, 11) is 0. The fraction of sp³-hybridized carbons (Fsp3) is 0.889. The second kappa shape index (κ2) is 22.7.